The molecule has 0 unspecified atom stereocenters. The van der Waals surface area contributed by atoms with Crippen molar-refractivity contribution in [3.05, 3.63) is 96.1 Å². The minimum absolute atomic E-state index is 0.0905. The molecule has 12 N–H and O–H groups in total. The van der Waals surface area contributed by atoms with Crippen LogP contribution in [0, 0.1) is 5.92 Å². The number of aromatic nitrogens is 1. The first-order valence-electron chi connectivity index (χ1n) is 18.5. The summed E-state index contributed by atoms with van der Waals surface area (Å²) < 4.78 is 4.98. The van der Waals surface area contributed by atoms with Gasteiger partial charge >= 0.3 is 6.03 Å². The van der Waals surface area contributed by atoms with Gasteiger partial charge in [0.2, 0.25) is 17.7 Å². The first kappa shape index (κ1) is 42.9. The topological polar surface area (TPSA) is 280 Å². The monoisotopic (exact) mass is 785 g/mol. The third kappa shape index (κ3) is 13.4. The first-order chi connectivity index (χ1) is 27.3. The van der Waals surface area contributed by atoms with Crippen LogP contribution >= 0.6 is 0 Å². The smallest absolute Gasteiger partial charge is 0.334 e. The SMILES string of the molecule is CN=C(N)NCCC[C@H](NC(=O)[C@H](CC(C)C)NC(=O)NNC(=O)[C@H](Cc1ccccc1)NC(=O)c1ccoc1)C(=O)N[C@@H](Cc1c[nH]c2ccccc12)C(N)=O. The Balaban J connectivity index is 1.43. The van der Waals surface area contributed by atoms with Crippen LogP contribution in [0.15, 0.2) is 88.8 Å². The predicted molar refractivity (Wildman–Crippen MR) is 213 cm³/mol. The molecule has 0 spiro atoms. The normalized spacial score (nSPS) is 13.4. The van der Waals surface area contributed by atoms with E-state index in [1.165, 1.54) is 25.6 Å². The van der Waals surface area contributed by atoms with Gasteiger partial charge in [0.1, 0.15) is 30.4 Å². The summed E-state index contributed by atoms with van der Waals surface area (Å²) in [7, 11) is 1.52. The zero-order chi connectivity index (χ0) is 41.3. The Morgan fingerprint density at radius 2 is 1.47 bits per heavy atom. The largest absolute Gasteiger partial charge is 0.472 e. The van der Waals surface area contributed by atoms with E-state index in [1.807, 2.05) is 44.2 Å². The third-order valence-electron chi connectivity index (χ3n) is 8.92. The summed E-state index contributed by atoms with van der Waals surface area (Å²) >= 11 is 0. The zero-order valence-corrected chi connectivity index (χ0v) is 32.1. The molecular formula is C39H51N11O7. The van der Waals surface area contributed by atoms with Gasteiger partial charge in [0.05, 0.1) is 11.8 Å². The second-order valence-corrected chi connectivity index (χ2v) is 13.8. The quantitative estimate of drug-likeness (QED) is 0.0279. The van der Waals surface area contributed by atoms with Crippen molar-refractivity contribution in [1.29, 1.82) is 0 Å². The van der Waals surface area contributed by atoms with Crippen LogP contribution < -0.4 is 48.9 Å². The number of nitrogens with one attached hydrogen (secondary N) is 8. The number of H-pyrrole nitrogens is 1. The number of nitrogens with zero attached hydrogens (tertiary/aromatic N) is 1. The van der Waals surface area contributed by atoms with Crippen LogP contribution in [0.4, 0.5) is 4.79 Å². The average Bonchev–Trinajstić information content (AvgIpc) is 3.88. The molecule has 0 radical (unpaired) electrons. The van der Waals surface area contributed by atoms with Gasteiger partial charge in [0, 0.05) is 43.5 Å². The number of hydrogen-bond donors (Lipinski definition) is 10. The summed E-state index contributed by atoms with van der Waals surface area (Å²) in [5.74, 6) is -3.30. The number of fused-ring (bicyclic) bond motifs is 1. The molecule has 4 rings (SSSR count). The van der Waals surface area contributed by atoms with Crippen molar-refractivity contribution in [3.8, 4) is 0 Å². The highest BCUT2D eigenvalue weighted by Crippen LogP contribution is 2.19. The number of hydrogen-bond acceptors (Lipinski definition) is 8. The van der Waals surface area contributed by atoms with Crippen molar-refractivity contribution in [2.24, 2.45) is 22.4 Å². The Bertz CT molecular complexity index is 2000. The van der Waals surface area contributed by atoms with Gasteiger partial charge in [-0.3, -0.25) is 34.4 Å². The molecule has 0 saturated heterocycles. The van der Waals surface area contributed by atoms with Crippen LogP contribution in [-0.2, 0) is 32.0 Å². The van der Waals surface area contributed by atoms with Gasteiger partial charge in [-0.15, -0.1) is 0 Å². The third-order valence-corrected chi connectivity index (χ3v) is 8.92. The number of aromatic amines is 1. The molecular weight excluding hydrogens is 734 g/mol. The van der Waals surface area contributed by atoms with Gasteiger partial charge in [0.15, 0.2) is 5.96 Å². The average molecular weight is 786 g/mol. The highest BCUT2D eigenvalue weighted by atomic mass is 16.3. The number of furan rings is 1. The van der Waals surface area contributed by atoms with E-state index >= 15 is 0 Å². The van der Waals surface area contributed by atoms with Crippen LogP contribution in [0.1, 0.15) is 54.6 Å². The van der Waals surface area contributed by atoms with Crippen molar-refractivity contribution in [2.45, 2.75) is 70.1 Å². The maximum absolute atomic E-state index is 13.8. The summed E-state index contributed by atoms with van der Waals surface area (Å²) in [6.07, 6.45) is 5.14. The molecule has 2 aromatic carbocycles. The fourth-order valence-corrected chi connectivity index (χ4v) is 5.96. The molecule has 304 valence electrons. The summed E-state index contributed by atoms with van der Waals surface area (Å²) in [5, 5.41) is 14.4. The van der Waals surface area contributed by atoms with Crippen LogP contribution in [-0.4, -0.2) is 84.3 Å². The van der Waals surface area contributed by atoms with Crippen LogP contribution in [0.2, 0.25) is 0 Å². The van der Waals surface area contributed by atoms with Crippen LogP contribution in [0.5, 0.6) is 0 Å². The number of rotatable bonds is 19. The maximum Gasteiger partial charge on any atom is 0.334 e. The van der Waals surface area contributed by atoms with E-state index in [1.54, 1.807) is 30.5 Å². The summed E-state index contributed by atoms with van der Waals surface area (Å²) in [6, 6.07) is 12.5. The van der Waals surface area contributed by atoms with Crippen molar-refractivity contribution in [3.63, 3.8) is 0 Å². The lowest BCUT2D eigenvalue weighted by Gasteiger charge is -2.26. The Labute approximate surface area is 329 Å². The molecule has 57 heavy (non-hydrogen) atoms. The number of guanidine groups is 1. The molecule has 2 aromatic heterocycles. The number of primary amides is 1. The Hall–Kier alpha value is -6.85. The number of para-hydroxylation sites is 1. The summed E-state index contributed by atoms with van der Waals surface area (Å²) in [4.78, 5) is 86.3. The molecule has 0 aliphatic rings. The standard InChI is InChI=1S/C39H51N11O7/c1-23(2)18-31(48-39(56)50-49-37(55)32(19-24-10-5-4-6-11-24)47-34(52)25-15-17-57-22-25)36(54)45-29(14-9-16-43-38(41)42-3)35(53)46-30(33(40)51)20-26-21-44-28-13-8-7-12-27(26)28/h4-8,10-13,15,17,21-23,29-32,44H,9,14,16,18-20H2,1-3H3,(H2,40,51)(H,45,54)(H,46,53)(H,47,52)(H,49,55)(H3,41,42,43)(H2,48,50,56)/t29-,30-,31-,32-/m0/s1. The van der Waals surface area contributed by atoms with E-state index in [-0.39, 0.29) is 43.1 Å². The van der Waals surface area contributed by atoms with Crippen LogP contribution in [0.3, 0.4) is 0 Å². The maximum atomic E-state index is 13.8. The van der Waals surface area contributed by atoms with Gasteiger partial charge in [-0.05, 0) is 48.4 Å². The molecule has 0 fully saturated rings. The number of carbonyl (C=O) groups excluding carboxylic acids is 6. The van der Waals surface area contributed by atoms with E-state index < -0.39 is 59.7 Å². The van der Waals surface area contributed by atoms with Crippen LogP contribution in [0.25, 0.3) is 10.9 Å². The lowest BCUT2D eigenvalue weighted by Crippen LogP contribution is -2.59. The van der Waals surface area contributed by atoms with E-state index in [2.05, 4.69) is 47.4 Å². The minimum atomic E-state index is -1.16. The lowest BCUT2D eigenvalue weighted by molar-refractivity contribution is -0.132. The molecule has 0 bridgehead atoms. The first-order valence-corrected chi connectivity index (χ1v) is 18.5. The van der Waals surface area contributed by atoms with Gasteiger partial charge in [-0.1, -0.05) is 62.4 Å². The molecule has 4 atom stereocenters. The Morgan fingerprint density at radius 3 is 2.16 bits per heavy atom. The highest BCUT2D eigenvalue weighted by molar-refractivity contribution is 5.98. The fourth-order valence-electron chi connectivity index (χ4n) is 5.96. The molecule has 18 heteroatoms. The van der Waals surface area contributed by atoms with E-state index in [0.29, 0.717) is 13.0 Å². The van der Waals surface area contributed by atoms with Gasteiger partial charge in [-0.25, -0.2) is 10.2 Å². The number of hydrazine groups is 1. The number of benzene rings is 2. The minimum Gasteiger partial charge on any atom is -0.472 e. The zero-order valence-electron chi connectivity index (χ0n) is 32.1. The molecule has 0 saturated carbocycles. The number of amides is 7. The summed E-state index contributed by atoms with van der Waals surface area (Å²) in [6.45, 7) is 4.01. The van der Waals surface area contributed by atoms with Crippen molar-refractivity contribution < 1.29 is 33.2 Å². The van der Waals surface area contributed by atoms with Gasteiger partial charge in [-0.2, -0.15) is 0 Å². The van der Waals surface area contributed by atoms with Crippen molar-refractivity contribution in [1.82, 2.24) is 42.4 Å². The predicted octanol–water partition coefficient (Wildman–Crippen LogP) is 0.859. The van der Waals surface area contributed by atoms with Crippen molar-refractivity contribution >= 4 is 52.4 Å². The van der Waals surface area contributed by atoms with Crippen molar-refractivity contribution in [2.75, 3.05) is 13.6 Å². The Morgan fingerprint density at radius 1 is 0.772 bits per heavy atom. The molecule has 0 aliphatic heterocycles. The molecule has 7 amide bonds. The second kappa shape index (κ2) is 21.3. The van der Waals surface area contributed by atoms with Gasteiger partial charge < -0.3 is 47.5 Å². The van der Waals surface area contributed by atoms with E-state index in [9.17, 15) is 28.8 Å². The number of aliphatic imine (C=N–C) groups is 1. The Kier molecular flexibility index (Phi) is 16.0. The number of carbonyl (C=O) groups is 6. The molecule has 0 aliphatic carbocycles. The lowest BCUT2D eigenvalue weighted by atomic mass is 10.0. The highest BCUT2D eigenvalue weighted by Gasteiger charge is 2.30. The molecule has 2 heterocycles. The molecule has 18 nitrogen and oxygen atoms in total. The van der Waals surface area contributed by atoms with E-state index in [0.717, 1.165) is 22.0 Å². The molecule has 4 aromatic rings. The number of urea groups is 1. The fraction of sp³-hybridized carbons (Fsp3) is 0.359. The second-order valence-electron chi connectivity index (χ2n) is 13.8. The van der Waals surface area contributed by atoms with Gasteiger partial charge in [0.25, 0.3) is 11.8 Å². The number of nitrogens with two attached hydrogens (primary N) is 2. The summed E-state index contributed by atoms with van der Waals surface area (Å²) in [5.41, 5.74) is 18.6. The van der Waals surface area contributed by atoms with E-state index in [4.69, 9.17) is 15.9 Å².